The summed E-state index contributed by atoms with van der Waals surface area (Å²) in [6.45, 7) is 4.02. The first-order chi connectivity index (χ1) is 11.1. The molecule has 4 nitrogen and oxygen atoms in total. The van der Waals surface area contributed by atoms with E-state index in [0.717, 1.165) is 22.1 Å². The number of ether oxygens (including phenoxy) is 1. The number of fused-ring (bicyclic) bond motifs is 1. The molecule has 3 aromatic rings. The maximum Gasteiger partial charge on any atom is 0.355 e. The van der Waals surface area contributed by atoms with E-state index >= 15 is 0 Å². The van der Waals surface area contributed by atoms with Crippen molar-refractivity contribution in [3.05, 3.63) is 57.3 Å². The molecule has 1 aromatic carbocycles. The van der Waals surface area contributed by atoms with Gasteiger partial charge in [-0.2, -0.15) is 0 Å². The van der Waals surface area contributed by atoms with Gasteiger partial charge in [-0.25, -0.2) is 4.79 Å². The van der Waals surface area contributed by atoms with Gasteiger partial charge in [-0.05, 0) is 36.4 Å². The highest BCUT2D eigenvalue weighted by molar-refractivity contribution is 7.17. The summed E-state index contributed by atoms with van der Waals surface area (Å²) in [6.07, 6.45) is 0. The molecule has 0 unspecified atom stereocenters. The first-order valence-corrected chi connectivity index (χ1v) is 8.27. The fourth-order valence-electron chi connectivity index (χ4n) is 2.79. The zero-order valence-electron chi connectivity index (χ0n) is 13.3. The number of carbonyl (C=O) groups is 1. The van der Waals surface area contributed by atoms with Crippen molar-refractivity contribution < 1.29 is 9.53 Å². The van der Waals surface area contributed by atoms with E-state index in [0.29, 0.717) is 10.4 Å². The van der Waals surface area contributed by atoms with Crippen LogP contribution in [0.1, 0.15) is 23.0 Å². The van der Waals surface area contributed by atoms with Crippen molar-refractivity contribution in [1.82, 2.24) is 4.57 Å². The first kappa shape index (κ1) is 15.5. The Morgan fingerprint density at radius 3 is 2.70 bits per heavy atom. The zero-order chi connectivity index (χ0) is 16.6. The normalized spacial score (nSPS) is 10.9. The van der Waals surface area contributed by atoms with E-state index in [1.54, 1.807) is 14.0 Å². The molecule has 0 N–H and O–H groups in total. The SMILES string of the molecule is CCOC(=O)c1c(-c2ccccc2C)c2ccsc2c(=O)n1C. The van der Waals surface area contributed by atoms with Crippen molar-refractivity contribution in [2.45, 2.75) is 13.8 Å². The van der Waals surface area contributed by atoms with Crippen LogP contribution in [0.15, 0.2) is 40.5 Å². The number of carbonyl (C=O) groups excluding carboxylic acids is 1. The lowest BCUT2D eigenvalue weighted by Crippen LogP contribution is -2.25. The highest BCUT2D eigenvalue weighted by Gasteiger charge is 2.23. The minimum Gasteiger partial charge on any atom is -0.461 e. The second-order valence-electron chi connectivity index (χ2n) is 5.29. The van der Waals surface area contributed by atoms with Crippen LogP contribution in [0.25, 0.3) is 21.2 Å². The molecule has 23 heavy (non-hydrogen) atoms. The van der Waals surface area contributed by atoms with Crippen LogP contribution in [0.3, 0.4) is 0 Å². The van der Waals surface area contributed by atoms with Crippen molar-refractivity contribution in [3.63, 3.8) is 0 Å². The van der Waals surface area contributed by atoms with E-state index in [-0.39, 0.29) is 12.2 Å². The number of benzene rings is 1. The predicted molar refractivity (Wildman–Crippen MR) is 93.2 cm³/mol. The minimum absolute atomic E-state index is 0.171. The number of rotatable bonds is 3. The van der Waals surface area contributed by atoms with Gasteiger partial charge in [0.25, 0.3) is 5.56 Å². The van der Waals surface area contributed by atoms with Crippen LogP contribution in [0.2, 0.25) is 0 Å². The molecule has 0 aliphatic heterocycles. The summed E-state index contributed by atoms with van der Waals surface area (Å²) in [5.41, 5.74) is 2.88. The lowest BCUT2D eigenvalue weighted by atomic mass is 9.96. The molecular weight excluding hydrogens is 310 g/mol. The predicted octanol–water partition coefficient (Wildman–Crippen LogP) is 3.75. The quantitative estimate of drug-likeness (QED) is 0.688. The average Bonchev–Trinajstić information content (AvgIpc) is 3.01. The van der Waals surface area contributed by atoms with E-state index in [1.165, 1.54) is 15.9 Å². The van der Waals surface area contributed by atoms with Gasteiger partial charge in [-0.15, -0.1) is 11.3 Å². The molecule has 0 aliphatic carbocycles. The van der Waals surface area contributed by atoms with E-state index in [2.05, 4.69) is 0 Å². The third-order valence-electron chi connectivity index (χ3n) is 3.89. The Balaban J connectivity index is 2.47. The molecule has 0 atom stereocenters. The Morgan fingerprint density at radius 2 is 2.00 bits per heavy atom. The number of nitrogens with zero attached hydrogens (tertiary/aromatic N) is 1. The van der Waals surface area contributed by atoms with Crippen LogP contribution in [-0.2, 0) is 11.8 Å². The van der Waals surface area contributed by atoms with Crippen LogP contribution >= 0.6 is 11.3 Å². The molecular formula is C18H17NO3S. The molecule has 0 radical (unpaired) electrons. The number of aromatic nitrogens is 1. The van der Waals surface area contributed by atoms with E-state index < -0.39 is 5.97 Å². The van der Waals surface area contributed by atoms with Crippen molar-refractivity contribution in [3.8, 4) is 11.1 Å². The smallest absolute Gasteiger partial charge is 0.355 e. The summed E-state index contributed by atoms with van der Waals surface area (Å²) in [4.78, 5) is 25.1. The number of esters is 1. The standard InChI is InChI=1S/C18H17NO3S/c1-4-22-18(21)15-14(12-8-6-5-7-11(12)2)13-9-10-23-16(13)17(20)19(15)3/h5-10H,4H2,1-3H3. The second kappa shape index (κ2) is 6.01. The van der Waals surface area contributed by atoms with Crippen LogP contribution in [0, 0.1) is 6.92 Å². The molecule has 3 rings (SSSR count). The summed E-state index contributed by atoms with van der Waals surface area (Å²) in [5.74, 6) is -0.474. The van der Waals surface area contributed by atoms with Gasteiger partial charge in [0.05, 0.1) is 6.61 Å². The topological polar surface area (TPSA) is 48.3 Å². The van der Waals surface area contributed by atoms with Crippen LogP contribution < -0.4 is 5.56 Å². The summed E-state index contributed by atoms with van der Waals surface area (Å²) >= 11 is 1.39. The summed E-state index contributed by atoms with van der Waals surface area (Å²) < 4.78 is 7.25. The lowest BCUT2D eigenvalue weighted by molar-refractivity contribution is 0.0515. The number of hydrogen-bond acceptors (Lipinski definition) is 4. The largest absolute Gasteiger partial charge is 0.461 e. The Kier molecular flexibility index (Phi) is 4.05. The van der Waals surface area contributed by atoms with Crippen molar-refractivity contribution >= 4 is 27.4 Å². The van der Waals surface area contributed by atoms with E-state index in [1.807, 2.05) is 42.6 Å². The van der Waals surface area contributed by atoms with Gasteiger partial charge in [0.1, 0.15) is 10.4 Å². The highest BCUT2D eigenvalue weighted by Crippen LogP contribution is 2.34. The molecule has 0 fully saturated rings. The van der Waals surface area contributed by atoms with Crippen molar-refractivity contribution in [2.75, 3.05) is 6.61 Å². The monoisotopic (exact) mass is 327 g/mol. The van der Waals surface area contributed by atoms with Crippen LogP contribution in [0.4, 0.5) is 0 Å². The first-order valence-electron chi connectivity index (χ1n) is 7.39. The molecule has 5 heteroatoms. The third-order valence-corrected chi connectivity index (χ3v) is 4.79. The molecule has 0 bridgehead atoms. The molecule has 0 amide bonds. The Labute approximate surface area is 138 Å². The summed E-state index contributed by atoms with van der Waals surface area (Å²) in [6, 6.07) is 9.74. The molecule has 2 heterocycles. The Hall–Kier alpha value is -2.40. The molecule has 0 saturated heterocycles. The minimum atomic E-state index is -0.474. The fourth-order valence-corrected chi connectivity index (χ4v) is 3.66. The number of thiophene rings is 1. The van der Waals surface area contributed by atoms with E-state index in [4.69, 9.17) is 4.74 Å². The Morgan fingerprint density at radius 1 is 1.26 bits per heavy atom. The molecule has 2 aromatic heterocycles. The third kappa shape index (κ3) is 2.47. The average molecular weight is 327 g/mol. The lowest BCUT2D eigenvalue weighted by Gasteiger charge is -2.16. The highest BCUT2D eigenvalue weighted by atomic mass is 32.1. The van der Waals surface area contributed by atoms with Gasteiger partial charge in [-0.3, -0.25) is 4.79 Å². The van der Waals surface area contributed by atoms with Crippen molar-refractivity contribution in [2.24, 2.45) is 7.05 Å². The number of pyridine rings is 1. The maximum absolute atomic E-state index is 12.6. The van der Waals surface area contributed by atoms with Gasteiger partial charge in [0.15, 0.2) is 0 Å². The Bertz CT molecular complexity index is 953. The summed E-state index contributed by atoms with van der Waals surface area (Å²) in [5, 5.41) is 2.68. The fraction of sp³-hybridized carbons (Fsp3) is 0.222. The van der Waals surface area contributed by atoms with Gasteiger partial charge in [0, 0.05) is 18.0 Å². The van der Waals surface area contributed by atoms with E-state index in [9.17, 15) is 9.59 Å². The number of aryl methyl sites for hydroxylation is 1. The van der Waals surface area contributed by atoms with Gasteiger partial charge < -0.3 is 9.30 Å². The number of hydrogen-bond donors (Lipinski definition) is 0. The van der Waals surface area contributed by atoms with Gasteiger partial charge in [0.2, 0.25) is 0 Å². The molecule has 0 spiro atoms. The molecule has 118 valence electrons. The second-order valence-corrected chi connectivity index (χ2v) is 6.20. The van der Waals surface area contributed by atoms with Gasteiger partial charge >= 0.3 is 5.97 Å². The van der Waals surface area contributed by atoms with Gasteiger partial charge in [-0.1, -0.05) is 24.3 Å². The van der Waals surface area contributed by atoms with Crippen LogP contribution in [-0.4, -0.2) is 17.1 Å². The zero-order valence-corrected chi connectivity index (χ0v) is 14.1. The van der Waals surface area contributed by atoms with Crippen LogP contribution in [0.5, 0.6) is 0 Å². The molecule has 0 aliphatic rings. The van der Waals surface area contributed by atoms with Crippen molar-refractivity contribution in [1.29, 1.82) is 0 Å². The summed E-state index contributed by atoms with van der Waals surface area (Å²) in [7, 11) is 1.62. The molecule has 0 saturated carbocycles. The maximum atomic E-state index is 12.6.